The molecule has 0 heterocycles. The van der Waals surface area contributed by atoms with Crippen LogP contribution < -0.4 is 10.6 Å². The third-order valence-electron chi connectivity index (χ3n) is 5.68. The van der Waals surface area contributed by atoms with E-state index in [1.807, 2.05) is 0 Å². The van der Waals surface area contributed by atoms with Gasteiger partial charge in [0.2, 0.25) is 0 Å². The number of rotatable bonds is 4. The average Bonchev–Trinajstić information content (AvgIpc) is 2.99. The van der Waals surface area contributed by atoms with Gasteiger partial charge in [-0.15, -0.1) is 0 Å². The van der Waals surface area contributed by atoms with Crippen LogP contribution in [-0.2, 0) is 11.8 Å². The van der Waals surface area contributed by atoms with E-state index in [0.717, 1.165) is 12.8 Å². The van der Waals surface area contributed by atoms with Crippen molar-refractivity contribution in [2.45, 2.75) is 49.6 Å². The highest BCUT2D eigenvalue weighted by atomic mass is 16.4. The summed E-state index contributed by atoms with van der Waals surface area (Å²) in [5.74, 6) is 0.518. The molecular weight excluding hydrogens is 264 g/mol. The average molecular weight is 286 g/mol. The molecular formula is C17H22N2O2. The van der Waals surface area contributed by atoms with Crippen LogP contribution in [0.5, 0.6) is 0 Å². The Morgan fingerprint density at radius 1 is 1.33 bits per heavy atom. The molecule has 0 bridgehead atoms. The summed E-state index contributed by atoms with van der Waals surface area (Å²) in [5.41, 5.74) is 3.53. The number of fused-ring (bicyclic) bond motifs is 2. The second kappa shape index (κ2) is 4.73. The van der Waals surface area contributed by atoms with Gasteiger partial charge in [-0.3, -0.25) is 0 Å². The van der Waals surface area contributed by atoms with Crippen LogP contribution in [0.3, 0.4) is 0 Å². The van der Waals surface area contributed by atoms with Crippen molar-refractivity contribution in [3.63, 3.8) is 0 Å². The Balaban J connectivity index is 1.29. The third-order valence-corrected chi connectivity index (χ3v) is 5.68. The molecule has 2 unspecified atom stereocenters. The van der Waals surface area contributed by atoms with E-state index in [-0.39, 0.29) is 0 Å². The van der Waals surface area contributed by atoms with Gasteiger partial charge in [0, 0.05) is 24.0 Å². The summed E-state index contributed by atoms with van der Waals surface area (Å²) in [7, 11) is 0. The molecule has 112 valence electrons. The fourth-order valence-corrected chi connectivity index (χ4v) is 4.37. The molecule has 0 aromatic heterocycles. The minimum absolute atomic E-state index is 0.418. The summed E-state index contributed by atoms with van der Waals surface area (Å²) in [6, 6.07) is 10.1. The van der Waals surface area contributed by atoms with E-state index in [0.29, 0.717) is 30.0 Å². The van der Waals surface area contributed by atoms with Gasteiger partial charge >= 0.3 is 6.09 Å². The molecule has 1 aromatic carbocycles. The second-order valence-electron chi connectivity index (χ2n) is 6.96. The van der Waals surface area contributed by atoms with E-state index >= 15 is 0 Å². The lowest BCUT2D eigenvalue weighted by Crippen LogP contribution is -2.47. The van der Waals surface area contributed by atoms with Crippen LogP contribution in [0.15, 0.2) is 24.3 Å². The Kier molecular flexibility index (Phi) is 2.96. The van der Waals surface area contributed by atoms with E-state index < -0.39 is 6.09 Å². The van der Waals surface area contributed by atoms with Crippen LogP contribution >= 0.6 is 0 Å². The smallest absolute Gasteiger partial charge is 0.404 e. The zero-order valence-electron chi connectivity index (χ0n) is 12.1. The van der Waals surface area contributed by atoms with Crippen molar-refractivity contribution < 1.29 is 9.90 Å². The number of nitrogens with one attached hydrogen (secondary N) is 2. The Morgan fingerprint density at radius 2 is 2.14 bits per heavy atom. The number of carbonyl (C=O) groups is 1. The second-order valence-corrected chi connectivity index (χ2v) is 6.96. The number of carboxylic acid groups (broad SMARTS) is 1. The minimum Gasteiger partial charge on any atom is -0.465 e. The standard InChI is InChI=1S/C17H22N2O2/c20-16(21)18-10-11-7-13(8-11)19-15-9-17(15)6-5-12-3-1-2-4-14(12)17/h1-4,11,13,15,18-19H,5-10H2,(H,20,21). The van der Waals surface area contributed by atoms with Gasteiger partial charge in [0.15, 0.2) is 0 Å². The van der Waals surface area contributed by atoms with Crippen molar-refractivity contribution in [1.82, 2.24) is 10.6 Å². The van der Waals surface area contributed by atoms with Crippen molar-refractivity contribution in [2.24, 2.45) is 5.92 Å². The molecule has 2 fully saturated rings. The summed E-state index contributed by atoms with van der Waals surface area (Å²) >= 11 is 0. The molecule has 0 saturated heterocycles. The van der Waals surface area contributed by atoms with Gasteiger partial charge in [-0.2, -0.15) is 0 Å². The maximum absolute atomic E-state index is 10.5. The van der Waals surface area contributed by atoms with Gasteiger partial charge < -0.3 is 15.7 Å². The van der Waals surface area contributed by atoms with Gasteiger partial charge in [-0.25, -0.2) is 4.79 Å². The van der Waals surface area contributed by atoms with Crippen molar-refractivity contribution in [2.75, 3.05) is 6.54 Å². The highest BCUT2D eigenvalue weighted by molar-refractivity contribution is 5.64. The molecule has 21 heavy (non-hydrogen) atoms. The Bertz CT molecular complexity index is 568. The Morgan fingerprint density at radius 3 is 2.95 bits per heavy atom. The lowest BCUT2D eigenvalue weighted by Gasteiger charge is -2.36. The Hall–Kier alpha value is -1.55. The number of hydrogen-bond donors (Lipinski definition) is 3. The van der Waals surface area contributed by atoms with Gasteiger partial charge in [0.05, 0.1) is 0 Å². The van der Waals surface area contributed by atoms with E-state index in [1.165, 1.54) is 19.3 Å². The fraction of sp³-hybridized carbons (Fsp3) is 0.588. The Labute approximate surface area is 124 Å². The summed E-state index contributed by atoms with van der Waals surface area (Å²) < 4.78 is 0. The maximum Gasteiger partial charge on any atom is 0.404 e. The zero-order chi connectivity index (χ0) is 14.4. The molecule has 3 N–H and O–H groups in total. The van der Waals surface area contributed by atoms with Gasteiger partial charge in [0.1, 0.15) is 0 Å². The molecule has 2 saturated carbocycles. The third kappa shape index (κ3) is 2.22. The van der Waals surface area contributed by atoms with E-state index in [2.05, 4.69) is 34.9 Å². The van der Waals surface area contributed by atoms with Gasteiger partial charge in [-0.05, 0) is 49.1 Å². The highest BCUT2D eigenvalue weighted by Crippen LogP contribution is 2.57. The first-order chi connectivity index (χ1) is 10.2. The molecule has 1 spiro atoms. The molecule has 4 rings (SSSR count). The monoisotopic (exact) mass is 286 g/mol. The van der Waals surface area contributed by atoms with E-state index in [9.17, 15) is 4.79 Å². The summed E-state index contributed by atoms with van der Waals surface area (Å²) in [6.07, 6.45) is 5.10. The van der Waals surface area contributed by atoms with Crippen molar-refractivity contribution >= 4 is 6.09 Å². The quantitative estimate of drug-likeness (QED) is 0.796. The maximum atomic E-state index is 10.5. The number of benzene rings is 1. The molecule has 1 amide bonds. The zero-order valence-corrected chi connectivity index (χ0v) is 12.1. The molecule has 3 aliphatic rings. The number of amides is 1. The van der Waals surface area contributed by atoms with Crippen molar-refractivity contribution in [3.8, 4) is 0 Å². The van der Waals surface area contributed by atoms with Crippen LogP contribution in [0, 0.1) is 5.92 Å². The van der Waals surface area contributed by atoms with Crippen molar-refractivity contribution in [3.05, 3.63) is 35.4 Å². The van der Waals surface area contributed by atoms with Crippen LogP contribution in [0.1, 0.15) is 36.8 Å². The first-order valence-electron chi connectivity index (χ1n) is 7.98. The fourth-order valence-electron chi connectivity index (χ4n) is 4.37. The van der Waals surface area contributed by atoms with E-state index in [1.54, 1.807) is 11.1 Å². The molecule has 3 aliphatic carbocycles. The number of hydrogen-bond acceptors (Lipinski definition) is 2. The topological polar surface area (TPSA) is 61.4 Å². The van der Waals surface area contributed by atoms with Gasteiger partial charge in [-0.1, -0.05) is 24.3 Å². The minimum atomic E-state index is -0.907. The van der Waals surface area contributed by atoms with Crippen LogP contribution in [0.25, 0.3) is 0 Å². The molecule has 4 nitrogen and oxygen atoms in total. The highest BCUT2D eigenvalue weighted by Gasteiger charge is 2.58. The van der Waals surface area contributed by atoms with Crippen LogP contribution in [0.2, 0.25) is 0 Å². The summed E-state index contributed by atoms with van der Waals surface area (Å²) in [4.78, 5) is 10.5. The first kappa shape index (κ1) is 13.1. The molecule has 0 aliphatic heterocycles. The molecule has 2 atom stereocenters. The molecule has 4 heteroatoms. The number of aryl methyl sites for hydroxylation is 1. The van der Waals surface area contributed by atoms with Crippen molar-refractivity contribution in [1.29, 1.82) is 0 Å². The van der Waals surface area contributed by atoms with Crippen LogP contribution in [-0.4, -0.2) is 29.8 Å². The predicted molar refractivity (Wildman–Crippen MR) is 80.5 cm³/mol. The molecule has 1 aromatic rings. The van der Waals surface area contributed by atoms with Gasteiger partial charge in [0.25, 0.3) is 0 Å². The summed E-state index contributed by atoms with van der Waals surface area (Å²) in [6.45, 7) is 0.603. The molecule has 0 radical (unpaired) electrons. The van der Waals surface area contributed by atoms with E-state index in [4.69, 9.17) is 5.11 Å². The predicted octanol–water partition coefficient (Wildman–Crippen LogP) is 2.28. The largest absolute Gasteiger partial charge is 0.465 e. The first-order valence-corrected chi connectivity index (χ1v) is 7.98. The summed E-state index contributed by atoms with van der Waals surface area (Å²) in [5, 5.41) is 14.9. The SMILES string of the molecule is O=C(O)NCC1CC(NC2CC23CCc2ccccc23)C1. The lowest BCUT2D eigenvalue weighted by atomic mass is 9.80. The normalized spacial score (nSPS) is 36.1. The van der Waals surface area contributed by atoms with Crippen LogP contribution in [0.4, 0.5) is 4.79 Å². The lowest BCUT2D eigenvalue weighted by molar-refractivity contribution is 0.177.